The summed E-state index contributed by atoms with van der Waals surface area (Å²) in [5.41, 5.74) is 4.01. The molecule has 148 valence electrons. The first-order valence-corrected chi connectivity index (χ1v) is 10.0. The number of hydrogen-bond donors (Lipinski definition) is 3. The topological polar surface area (TPSA) is 102 Å². The van der Waals surface area contributed by atoms with Crippen LogP contribution in [0.3, 0.4) is 0 Å². The van der Waals surface area contributed by atoms with Gasteiger partial charge in [-0.15, -0.1) is 5.10 Å². The number of benzene rings is 1. The molecule has 8 heteroatoms. The van der Waals surface area contributed by atoms with Crippen molar-refractivity contribution in [3.63, 3.8) is 0 Å². The summed E-state index contributed by atoms with van der Waals surface area (Å²) in [6.07, 6.45) is 5.25. The second-order valence-electron chi connectivity index (χ2n) is 7.75. The highest BCUT2D eigenvalue weighted by Gasteiger charge is 2.23. The zero-order chi connectivity index (χ0) is 19.8. The van der Waals surface area contributed by atoms with E-state index in [-0.39, 0.29) is 6.10 Å². The van der Waals surface area contributed by atoms with Crippen molar-refractivity contribution in [3.8, 4) is 6.07 Å². The minimum Gasteiger partial charge on any atom is -0.393 e. The molecule has 2 aliphatic rings. The zero-order valence-corrected chi connectivity index (χ0v) is 16.0. The lowest BCUT2D eigenvalue weighted by Gasteiger charge is -2.31. The third-order valence-electron chi connectivity index (χ3n) is 5.47. The van der Waals surface area contributed by atoms with Crippen LogP contribution >= 0.6 is 0 Å². The maximum absolute atomic E-state index is 9.74. The quantitative estimate of drug-likeness (QED) is 0.617. The van der Waals surface area contributed by atoms with Crippen molar-refractivity contribution in [1.29, 1.82) is 5.26 Å². The van der Waals surface area contributed by atoms with Gasteiger partial charge in [0.25, 0.3) is 0 Å². The predicted octanol–water partition coefficient (Wildman–Crippen LogP) is 2.88. The Bertz CT molecular complexity index is 1070. The van der Waals surface area contributed by atoms with Crippen LogP contribution in [0.4, 0.5) is 22.9 Å². The lowest BCUT2D eigenvalue weighted by atomic mass is 10.1. The normalized spacial score (nSPS) is 17.3. The van der Waals surface area contributed by atoms with Gasteiger partial charge in [-0.05, 0) is 43.9 Å². The number of piperidine rings is 1. The van der Waals surface area contributed by atoms with Crippen molar-refractivity contribution in [2.24, 2.45) is 0 Å². The van der Waals surface area contributed by atoms with E-state index in [4.69, 9.17) is 0 Å². The fourth-order valence-electron chi connectivity index (χ4n) is 3.71. The largest absolute Gasteiger partial charge is 0.393 e. The molecule has 0 amide bonds. The van der Waals surface area contributed by atoms with Crippen molar-refractivity contribution < 1.29 is 5.11 Å². The van der Waals surface area contributed by atoms with Gasteiger partial charge in [-0.25, -0.2) is 4.98 Å². The molecule has 1 aromatic carbocycles. The van der Waals surface area contributed by atoms with E-state index in [0.29, 0.717) is 23.2 Å². The van der Waals surface area contributed by atoms with Crippen LogP contribution in [0.15, 0.2) is 36.5 Å². The fraction of sp³-hybridized carbons (Fsp3) is 0.381. The number of imidazole rings is 1. The molecule has 3 N–H and O–H groups in total. The van der Waals surface area contributed by atoms with Crippen molar-refractivity contribution in [3.05, 3.63) is 42.2 Å². The summed E-state index contributed by atoms with van der Waals surface area (Å²) in [6, 6.07) is 12.8. The van der Waals surface area contributed by atoms with Crippen molar-refractivity contribution >= 4 is 28.5 Å². The molecule has 1 saturated heterocycles. The van der Waals surface area contributed by atoms with Crippen molar-refractivity contribution in [1.82, 2.24) is 14.6 Å². The summed E-state index contributed by atoms with van der Waals surface area (Å²) in [5.74, 6) is 0.654. The van der Waals surface area contributed by atoms with E-state index < -0.39 is 0 Å². The van der Waals surface area contributed by atoms with E-state index in [2.05, 4.69) is 43.8 Å². The van der Waals surface area contributed by atoms with Gasteiger partial charge < -0.3 is 20.6 Å². The number of nitriles is 1. The predicted molar refractivity (Wildman–Crippen MR) is 112 cm³/mol. The molecular formula is C21H23N7O. The van der Waals surface area contributed by atoms with Crippen LogP contribution in [0, 0.1) is 11.3 Å². The van der Waals surface area contributed by atoms with Crippen LogP contribution in [0.25, 0.3) is 5.65 Å². The standard InChI is InChI=1S/C21H23N7O/c22-12-17-13-23-21-19(24-14-4-5-14)11-20(26-28(17)21)25-15-2-1-3-16(10-15)27-8-6-18(29)7-9-27/h1-3,10-11,13-14,18,24,29H,4-9H2,(H,25,26). The molecule has 0 bridgehead atoms. The van der Waals surface area contributed by atoms with Crippen LogP contribution in [0.1, 0.15) is 31.4 Å². The molecule has 8 nitrogen and oxygen atoms in total. The average molecular weight is 389 g/mol. The van der Waals surface area contributed by atoms with Gasteiger partial charge >= 0.3 is 0 Å². The molecule has 3 heterocycles. The Morgan fingerprint density at radius 2 is 1.97 bits per heavy atom. The molecule has 0 spiro atoms. The minimum absolute atomic E-state index is 0.189. The zero-order valence-electron chi connectivity index (χ0n) is 16.0. The molecule has 1 aliphatic carbocycles. The highest BCUT2D eigenvalue weighted by atomic mass is 16.3. The number of aliphatic hydroxyl groups excluding tert-OH is 1. The lowest BCUT2D eigenvalue weighted by Crippen LogP contribution is -2.35. The molecule has 2 aromatic heterocycles. The van der Waals surface area contributed by atoms with Gasteiger partial charge in [0.1, 0.15) is 6.07 Å². The summed E-state index contributed by atoms with van der Waals surface area (Å²) in [4.78, 5) is 6.65. The van der Waals surface area contributed by atoms with Gasteiger partial charge in [-0.1, -0.05) is 6.07 Å². The fourth-order valence-corrected chi connectivity index (χ4v) is 3.71. The van der Waals surface area contributed by atoms with Crippen LogP contribution in [-0.4, -0.2) is 44.9 Å². The SMILES string of the molecule is N#Cc1cnc2c(NC3CC3)cc(Nc3cccc(N4CCC(O)CC4)c3)nn12. The molecule has 2 fully saturated rings. The van der Waals surface area contributed by atoms with E-state index in [1.54, 1.807) is 10.7 Å². The van der Waals surface area contributed by atoms with E-state index in [9.17, 15) is 10.4 Å². The van der Waals surface area contributed by atoms with Gasteiger partial charge in [0.2, 0.25) is 0 Å². The number of hydrogen-bond acceptors (Lipinski definition) is 7. The highest BCUT2D eigenvalue weighted by molar-refractivity contribution is 5.74. The monoisotopic (exact) mass is 389 g/mol. The molecule has 1 saturated carbocycles. The second kappa shape index (κ2) is 7.26. The first kappa shape index (κ1) is 17.8. The Morgan fingerprint density at radius 1 is 1.14 bits per heavy atom. The summed E-state index contributed by atoms with van der Waals surface area (Å²) in [6.45, 7) is 1.70. The molecular weight excluding hydrogens is 366 g/mol. The molecule has 29 heavy (non-hydrogen) atoms. The molecule has 1 aliphatic heterocycles. The van der Waals surface area contributed by atoms with Crippen LogP contribution in [0.2, 0.25) is 0 Å². The van der Waals surface area contributed by atoms with Crippen LogP contribution in [0.5, 0.6) is 0 Å². The molecule has 3 aromatic rings. The number of fused-ring (bicyclic) bond motifs is 1. The second-order valence-corrected chi connectivity index (χ2v) is 7.75. The number of nitrogens with one attached hydrogen (secondary N) is 2. The first-order chi connectivity index (χ1) is 14.2. The number of nitrogens with zero attached hydrogens (tertiary/aromatic N) is 5. The Labute approximate surface area is 168 Å². The van der Waals surface area contributed by atoms with Gasteiger partial charge in [0.15, 0.2) is 17.2 Å². The molecule has 0 unspecified atom stereocenters. The summed E-state index contributed by atoms with van der Waals surface area (Å²) in [7, 11) is 0. The van der Waals surface area contributed by atoms with Crippen LogP contribution < -0.4 is 15.5 Å². The van der Waals surface area contributed by atoms with E-state index in [1.807, 2.05) is 18.2 Å². The number of anilines is 4. The van der Waals surface area contributed by atoms with Crippen LogP contribution in [-0.2, 0) is 0 Å². The Balaban J connectivity index is 1.44. The van der Waals surface area contributed by atoms with Crippen molar-refractivity contribution in [2.45, 2.75) is 37.8 Å². The number of rotatable bonds is 5. The van der Waals surface area contributed by atoms with E-state index >= 15 is 0 Å². The van der Waals surface area contributed by atoms with E-state index in [1.165, 1.54) is 0 Å². The Kier molecular flexibility index (Phi) is 4.45. The summed E-state index contributed by atoms with van der Waals surface area (Å²) >= 11 is 0. The maximum atomic E-state index is 9.74. The number of aliphatic hydroxyl groups is 1. The lowest BCUT2D eigenvalue weighted by molar-refractivity contribution is 0.145. The third-order valence-corrected chi connectivity index (χ3v) is 5.47. The minimum atomic E-state index is -0.189. The van der Waals surface area contributed by atoms with Gasteiger partial charge in [0, 0.05) is 36.6 Å². The molecule has 5 rings (SSSR count). The smallest absolute Gasteiger partial charge is 0.178 e. The summed E-state index contributed by atoms with van der Waals surface area (Å²) < 4.78 is 1.59. The van der Waals surface area contributed by atoms with Crippen molar-refractivity contribution in [2.75, 3.05) is 28.6 Å². The molecule has 0 atom stereocenters. The van der Waals surface area contributed by atoms with Gasteiger partial charge in [0.05, 0.1) is 18.0 Å². The Hall–Kier alpha value is -3.31. The third kappa shape index (κ3) is 3.69. The van der Waals surface area contributed by atoms with E-state index in [0.717, 1.165) is 55.8 Å². The highest BCUT2D eigenvalue weighted by Crippen LogP contribution is 2.30. The molecule has 0 radical (unpaired) electrons. The Morgan fingerprint density at radius 3 is 2.72 bits per heavy atom. The average Bonchev–Trinajstić information content (AvgIpc) is 3.45. The first-order valence-electron chi connectivity index (χ1n) is 10.0. The van der Waals surface area contributed by atoms with Gasteiger partial charge in [-0.2, -0.15) is 9.78 Å². The maximum Gasteiger partial charge on any atom is 0.178 e. The number of aromatic nitrogens is 3. The van der Waals surface area contributed by atoms with Gasteiger partial charge in [-0.3, -0.25) is 0 Å². The summed E-state index contributed by atoms with van der Waals surface area (Å²) in [5, 5.41) is 30.6.